The van der Waals surface area contributed by atoms with Crippen molar-refractivity contribution < 1.29 is 19.4 Å². The summed E-state index contributed by atoms with van der Waals surface area (Å²) in [6.07, 6.45) is -1.14. The summed E-state index contributed by atoms with van der Waals surface area (Å²) in [6, 6.07) is 0. The van der Waals surface area contributed by atoms with E-state index in [4.69, 9.17) is 4.74 Å². The smallest absolute Gasteiger partial charge is 0.338 e. The normalized spacial score (nSPS) is 31.2. The van der Waals surface area contributed by atoms with Gasteiger partial charge >= 0.3 is 5.97 Å². The second kappa shape index (κ2) is 2.79. The van der Waals surface area contributed by atoms with E-state index in [1.54, 1.807) is 13.8 Å². The molecule has 1 saturated heterocycles. The van der Waals surface area contributed by atoms with Crippen molar-refractivity contribution in [2.24, 2.45) is 0 Å². The van der Waals surface area contributed by atoms with Gasteiger partial charge in [0.2, 0.25) is 0 Å². The van der Waals surface area contributed by atoms with E-state index >= 15 is 0 Å². The van der Waals surface area contributed by atoms with Gasteiger partial charge in [-0.1, -0.05) is 0 Å². The molecule has 0 amide bonds. The molecular weight excluding hydrogens is 148 g/mol. The predicted molar refractivity (Wildman–Crippen MR) is 37.0 cm³/mol. The van der Waals surface area contributed by atoms with Gasteiger partial charge in [0.1, 0.15) is 5.60 Å². The van der Waals surface area contributed by atoms with Crippen LogP contribution in [0, 0.1) is 0 Å². The first-order valence-electron chi connectivity index (χ1n) is 3.59. The van der Waals surface area contributed by atoms with Gasteiger partial charge in [0.05, 0.1) is 13.2 Å². The third-order valence-electron chi connectivity index (χ3n) is 1.69. The van der Waals surface area contributed by atoms with Crippen molar-refractivity contribution in [3.8, 4) is 0 Å². The SMILES string of the molecule is CCOC(=O)C(O)C1(C)CO1. The molecule has 2 atom stereocenters. The van der Waals surface area contributed by atoms with Crippen molar-refractivity contribution in [3.05, 3.63) is 0 Å². The van der Waals surface area contributed by atoms with Crippen molar-refractivity contribution in [2.75, 3.05) is 13.2 Å². The van der Waals surface area contributed by atoms with Gasteiger partial charge in [-0.3, -0.25) is 0 Å². The summed E-state index contributed by atoms with van der Waals surface area (Å²) in [5, 5.41) is 9.25. The summed E-state index contributed by atoms with van der Waals surface area (Å²) in [5.74, 6) is -0.604. The van der Waals surface area contributed by atoms with Gasteiger partial charge in [-0.25, -0.2) is 4.79 Å². The van der Waals surface area contributed by atoms with Crippen molar-refractivity contribution in [1.82, 2.24) is 0 Å². The number of hydrogen-bond donors (Lipinski definition) is 1. The van der Waals surface area contributed by atoms with Gasteiger partial charge in [-0.2, -0.15) is 0 Å². The van der Waals surface area contributed by atoms with Crippen LogP contribution in [-0.4, -0.2) is 36.0 Å². The van der Waals surface area contributed by atoms with Crippen LogP contribution in [0.5, 0.6) is 0 Å². The van der Waals surface area contributed by atoms with Gasteiger partial charge in [0, 0.05) is 0 Å². The number of carbonyl (C=O) groups is 1. The predicted octanol–water partition coefficient (Wildman–Crippen LogP) is -0.301. The molecule has 0 aromatic rings. The monoisotopic (exact) mass is 160 g/mol. The van der Waals surface area contributed by atoms with Gasteiger partial charge in [0.25, 0.3) is 0 Å². The van der Waals surface area contributed by atoms with Gasteiger partial charge in [0.15, 0.2) is 6.10 Å². The Kier molecular flexibility index (Phi) is 2.15. The van der Waals surface area contributed by atoms with E-state index in [1.165, 1.54) is 0 Å². The third kappa shape index (κ3) is 1.70. The Morgan fingerprint density at radius 2 is 2.45 bits per heavy atom. The molecule has 11 heavy (non-hydrogen) atoms. The fourth-order valence-electron chi connectivity index (χ4n) is 0.742. The Balaban J connectivity index is 2.40. The van der Waals surface area contributed by atoms with Crippen LogP contribution in [0.4, 0.5) is 0 Å². The lowest BCUT2D eigenvalue weighted by atomic mass is 10.1. The lowest BCUT2D eigenvalue weighted by molar-refractivity contribution is -0.156. The molecule has 1 rings (SSSR count). The molecule has 0 aliphatic carbocycles. The maximum atomic E-state index is 10.9. The summed E-state index contributed by atoms with van der Waals surface area (Å²) in [5.41, 5.74) is -0.688. The molecule has 0 bridgehead atoms. The molecule has 4 nitrogen and oxygen atoms in total. The fraction of sp³-hybridized carbons (Fsp3) is 0.857. The van der Waals surface area contributed by atoms with Gasteiger partial charge in [-0.15, -0.1) is 0 Å². The van der Waals surface area contributed by atoms with E-state index in [-0.39, 0.29) is 6.61 Å². The Hall–Kier alpha value is -0.610. The second-order valence-corrected chi connectivity index (χ2v) is 2.76. The largest absolute Gasteiger partial charge is 0.464 e. The van der Waals surface area contributed by atoms with Crippen molar-refractivity contribution >= 4 is 5.97 Å². The van der Waals surface area contributed by atoms with E-state index in [9.17, 15) is 9.90 Å². The summed E-state index contributed by atoms with van der Waals surface area (Å²) in [7, 11) is 0. The minimum absolute atomic E-state index is 0.284. The Morgan fingerprint density at radius 3 is 2.82 bits per heavy atom. The molecule has 0 spiro atoms. The van der Waals surface area contributed by atoms with Crippen LogP contribution < -0.4 is 0 Å². The van der Waals surface area contributed by atoms with Crippen LogP contribution in [0.2, 0.25) is 0 Å². The van der Waals surface area contributed by atoms with Gasteiger partial charge in [-0.05, 0) is 13.8 Å². The number of hydrogen-bond acceptors (Lipinski definition) is 4. The molecular formula is C7H12O4. The highest BCUT2D eigenvalue weighted by Crippen LogP contribution is 2.30. The first-order valence-corrected chi connectivity index (χ1v) is 3.59. The van der Waals surface area contributed by atoms with E-state index in [0.29, 0.717) is 6.61 Å². The zero-order chi connectivity index (χ0) is 8.48. The average Bonchev–Trinajstić information content (AvgIpc) is 2.68. The minimum atomic E-state index is -1.14. The van der Waals surface area contributed by atoms with E-state index < -0.39 is 17.7 Å². The lowest BCUT2D eigenvalue weighted by Crippen LogP contribution is -2.36. The zero-order valence-electron chi connectivity index (χ0n) is 6.66. The number of esters is 1. The highest BCUT2D eigenvalue weighted by atomic mass is 16.6. The Morgan fingerprint density at radius 1 is 1.91 bits per heavy atom. The molecule has 1 fully saturated rings. The zero-order valence-corrected chi connectivity index (χ0v) is 6.66. The van der Waals surface area contributed by atoms with Crippen molar-refractivity contribution in [3.63, 3.8) is 0 Å². The number of aliphatic hydroxyl groups excluding tert-OH is 1. The van der Waals surface area contributed by atoms with Crippen LogP contribution >= 0.6 is 0 Å². The van der Waals surface area contributed by atoms with Crippen LogP contribution in [0.1, 0.15) is 13.8 Å². The number of ether oxygens (including phenoxy) is 2. The number of aliphatic hydroxyl groups is 1. The van der Waals surface area contributed by atoms with Crippen LogP contribution in [0.3, 0.4) is 0 Å². The maximum absolute atomic E-state index is 10.9. The van der Waals surface area contributed by atoms with E-state index in [0.717, 1.165) is 0 Å². The van der Waals surface area contributed by atoms with Gasteiger partial charge < -0.3 is 14.6 Å². The molecule has 1 aliphatic rings. The van der Waals surface area contributed by atoms with E-state index in [1.807, 2.05) is 0 Å². The summed E-state index contributed by atoms with van der Waals surface area (Å²) >= 11 is 0. The maximum Gasteiger partial charge on any atom is 0.338 e. The van der Waals surface area contributed by atoms with E-state index in [2.05, 4.69) is 4.74 Å². The number of epoxide rings is 1. The highest BCUT2D eigenvalue weighted by Gasteiger charge is 2.50. The summed E-state index contributed by atoms with van der Waals surface area (Å²) in [4.78, 5) is 10.9. The molecule has 0 aromatic heterocycles. The summed E-state index contributed by atoms with van der Waals surface area (Å²) in [6.45, 7) is 4.08. The quantitative estimate of drug-likeness (QED) is 0.455. The first-order chi connectivity index (χ1) is 5.10. The Bertz CT molecular complexity index is 162. The fourth-order valence-corrected chi connectivity index (χ4v) is 0.742. The van der Waals surface area contributed by atoms with Crippen molar-refractivity contribution in [2.45, 2.75) is 25.6 Å². The Labute approximate surface area is 65.1 Å². The molecule has 1 heterocycles. The molecule has 64 valence electrons. The third-order valence-corrected chi connectivity index (χ3v) is 1.69. The van der Waals surface area contributed by atoms with Crippen molar-refractivity contribution in [1.29, 1.82) is 0 Å². The second-order valence-electron chi connectivity index (χ2n) is 2.76. The topological polar surface area (TPSA) is 59.1 Å². The molecule has 0 aromatic carbocycles. The molecule has 1 N–H and O–H groups in total. The molecule has 4 heteroatoms. The number of rotatable bonds is 3. The standard InChI is InChI=1S/C7H12O4/c1-3-10-6(9)5(8)7(2)4-11-7/h5,8H,3-4H2,1-2H3. The first kappa shape index (κ1) is 8.49. The highest BCUT2D eigenvalue weighted by molar-refractivity contribution is 5.76. The van der Waals surface area contributed by atoms with Crippen LogP contribution in [0.25, 0.3) is 0 Å². The lowest BCUT2D eigenvalue weighted by Gasteiger charge is -2.12. The molecule has 2 unspecified atom stereocenters. The summed E-state index contributed by atoms with van der Waals surface area (Å²) < 4.78 is 9.48. The molecule has 0 saturated carbocycles. The number of carbonyl (C=O) groups excluding carboxylic acids is 1. The minimum Gasteiger partial charge on any atom is -0.464 e. The molecule has 0 radical (unpaired) electrons. The molecule has 1 aliphatic heterocycles. The average molecular weight is 160 g/mol. The van der Waals surface area contributed by atoms with Crippen LogP contribution in [0.15, 0.2) is 0 Å². The van der Waals surface area contributed by atoms with Crippen LogP contribution in [-0.2, 0) is 14.3 Å².